The lowest BCUT2D eigenvalue weighted by Gasteiger charge is -2.25. The second kappa shape index (κ2) is 6.64. The van der Waals surface area contributed by atoms with Crippen LogP contribution in [0.4, 0.5) is 0 Å². The maximum Gasteiger partial charge on any atom is 0.0457 e. The first-order valence-electron chi connectivity index (χ1n) is 7.87. The summed E-state index contributed by atoms with van der Waals surface area (Å²) in [6, 6.07) is 15.4. The number of hydrogen-bond acceptors (Lipinski definition) is 1. The van der Waals surface area contributed by atoms with Gasteiger partial charge < -0.3 is 5.32 Å². The molecule has 21 heavy (non-hydrogen) atoms. The van der Waals surface area contributed by atoms with Gasteiger partial charge in [-0.05, 0) is 53.6 Å². The fourth-order valence-corrected chi connectivity index (χ4v) is 3.07. The third-order valence-corrected chi connectivity index (χ3v) is 4.79. The Balaban J connectivity index is 1.78. The first-order chi connectivity index (χ1) is 10.3. The van der Waals surface area contributed by atoms with E-state index in [9.17, 15) is 0 Å². The molecule has 1 fully saturated rings. The van der Waals surface area contributed by atoms with Crippen LogP contribution in [0.5, 0.6) is 0 Å². The van der Waals surface area contributed by atoms with E-state index in [0.717, 1.165) is 29.6 Å². The summed E-state index contributed by atoms with van der Waals surface area (Å²) in [7, 11) is 0. The molecular weight excluding hydrogens is 278 g/mol. The van der Waals surface area contributed by atoms with Crippen LogP contribution in [-0.4, -0.2) is 6.54 Å². The lowest BCUT2D eigenvalue weighted by molar-refractivity contribution is 0.420. The van der Waals surface area contributed by atoms with Crippen LogP contribution in [0.1, 0.15) is 43.2 Å². The Bertz CT molecular complexity index is 599. The first kappa shape index (κ1) is 14.6. The summed E-state index contributed by atoms with van der Waals surface area (Å²) in [6.45, 7) is 3.89. The van der Waals surface area contributed by atoms with E-state index in [1.54, 1.807) is 0 Å². The summed E-state index contributed by atoms with van der Waals surface area (Å²) in [5.74, 6) is 0.796. The minimum atomic E-state index is 0.796. The number of nitrogens with one attached hydrogen (secondary N) is 1. The van der Waals surface area contributed by atoms with Crippen molar-refractivity contribution < 1.29 is 0 Å². The van der Waals surface area contributed by atoms with E-state index in [0.29, 0.717) is 0 Å². The third-order valence-electron chi connectivity index (χ3n) is 4.44. The summed E-state index contributed by atoms with van der Waals surface area (Å²) < 4.78 is 0. The largest absolute Gasteiger partial charge is 0.313 e. The molecule has 2 aromatic carbocycles. The second-order valence-electron chi connectivity index (χ2n) is 5.84. The average molecular weight is 300 g/mol. The van der Waals surface area contributed by atoms with E-state index in [4.69, 9.17) is 11.6 Å². The third kappa shape index (κ3) is 3.30. The molecule has 2 heteroatoms. The SMILES string of the molecule is CCNCc1ccc(-c2ccc(C3CCC3)cc2)cc1Cl. The zero-order chi connectivity index (χ0) is 14.7. The van der Waals surface area contributed by atoms with Crippen molar-refractivity contribution in [1.29, 1.82) is 0 Å². The Morgan fingerprint density at radius 2 is 1.76 bits per heavy atom. The van der Waals surface area contributed by atoms with Gasteiger partial charge in [-0.2, -0.15) is 0 Å². The van der Waals surface area contributed by atoms with Gasteiger partial charge in [0.05, 0.1) is 0 Å². The Morgan fingerprint density at radius 1 is 1.05 bits per heavy atom. The Labute approximate surface area is 132 Å². The zero-order valence-corrected chi connectivity index (χ0v) is 13.3. The fraction of sp³-hybridized carbons (Fsp3) is 0.368. The van der Waals surface area contributed by atoms with Crippen molar-refractivity contribution in [2.75, 3.05) is 6.54 Å². The summed E-state index contributed by atoms with van der Waals surface area (Å²) in [5, 5.41) is 4.16. The smallest absolute Gasteiger partial charge is 0.0457 e. The Morgan fingerprint density at radius 3 is 2.33 bits per heavy atom. The van der Waals surface area contributed by atoms with E-state index in [1.807, 2.05) is 0 Å². The highest BCUT2D eigenvalue weighted by molar-refractivity contribution is 6.31. The molecule has 0 aliphatic heterocycles. The van der Waals surface area contributed by atoms with Crippen molar-refractivity contribution in [3.05, 3.63) is 58.6 Å². The molecule has 0 heterocycles. The highest BCUT2D eigenvalue weighted by atomic mass is 35.5. The van der Waals surface area contributed by atoms with E-state index in [-0.39, 0.29) is 0 Å². The van der Waals surface area contributed by atoms with Gasteiger partial charge in [0, 0.05) is 11.6 Å². The van der Waals surface area contributed by atoms with Gasteiger partial charge in [-0.15, -0.1) is 0 Å². The summed E-state index contributed by atoms with van der Waals surface area (Å²) in [4.78, 5) is 0. The molecule has 1 aliphatic carbocycles. The highest BCUT2D eigenvalue weighted by Gasteiger charge is 2.19. The topological polar surface area (TPSA) is 12.0 Å². The fourth-order valence-electron chi connectivity index (χ4n) is 2.82. The summed E-state index contributed by atoms with van der Waals surface area (Å²) in [5.41, 5.74) is 5.09. The molecule has 110 valence electrons. The normalized spacial score (nSPS) is 15.0. The molecule has 0 bridgehead atoms. The van der Waals surface area contributed by atoms with Crippen molar-refractivity contribution in [1.82, 2.24) is 5.32 Å². The van der Waals surface area contributed by atoms with Gasteiger partial charge in [-0.25, -0.2) is 0 Å². The predicted octanol–water partition coefficient (Wildman–Crippen LogP) is 5.38. The van der Waals surface area contributed by atoms with Crippen LogP contribution >= 0.6 is 11.6 Å². The molecule has 0 aromatic heterocycles. The van der Waals surface area contributed by atoms with Crippen LogP contribution in [0, 0.1) is 0 Å². The lowest BCUT2D eigenvalue weighted by atomic mass is 9.80. The van der Waals surface area contributed by atoms with E-state index in [1.165, 1.54) is 36.0 Å². The van der Waals surface area contributed by atoms with Gasteiger partial charge in [0.15, 0.2) is 0 Å². The van der Waals surface area contributed by atoms with Gasteiger partial charge in [0.1, 0.15) is 0 Å². The Kier molecular flexibility index (Phi) is 4.62. The molecule has 1 nitrogen and oxygen atoms in total. The van der Waals surface area contributed by atoms with Crippen LogP contribution in [0.15, 0.2) is 42.5 Å². The van der Waals surface area contributed by atoms with Crippen molar-refractivity contribution >= 4 is 11.6 Å². The van der Waals surface area contributed by atoms with Crippen LogP contribution in [0.3, 0.4) is 0 Å². The van der Waals surface area contributed by atoms with E-state index < -0.39 is 0 Å². The molecular formula is C19H22ClN. The quantitative estimate of drug-likeness (QED) is 0.781. The molecule has 1 saturated carbocycles. The van der Waals surface area contributed by atoms with Gasteiger partial charge in [-0.1, -0.05) is 61.3 Å². The summed E-state index contributed by atoms with van der Waals surface area (Å²) in [6.07, 6.45) is 4.09. The molecule has 0 saturated heterocycles. The molecule has 0 radical (unpaired) electrons. The number of hydrogen-bond donors (Lipinski definition) is 1. The number of halogens is 1. The van der Waals surface area contributed by atoms with Gasteiger partial charge >= 0.3 is 0 Å². The van der Waals surface area contributed by atoms with Gasteiger partial charge in [0.2, 0.25) is 0 Å². The standard InChI is InChI=1S/C19H22ClN/c1-2-21-13-18-11-10-17(12-19(18)20)16-8-6-15(7-9-16)14-4-3-5-14/h6-12,14,21H,2-5,13H2,1H3. The van der Waals surface area contributed by atoms with Crippen molar-refractivity contribution in [2.24, 2.45) is 0 Å². The molecule has 1 aliphatic rings. The number of benzene rings is 2. The highest BCUT2D eigenvalue weighted by Crippen LogP contribution is 2.37. The van der Waals surface area contributed by atoms with Crippen LogP contribution in [-0.2, 0) is 6.54 Å². The van der Waals surface area contributed by atoms with Crippen molar-refractivity contribution in [3.63, 3.8) is 0 Å². The minimum absolute atomic E-state index is 0.796. The van der Waals surface area contributed by atoms with Gasteiger partial charge in [0.25, 0.3) is 0 Å². The minimum Gasteiger partial charge on any atom is -0.313 e. The monoisotopic (exact) mass is 299 g/mol. The van der Waals surface area contributed by atoms with Crippen molar-refractivity contribution in [3.8, 4) is 11.1 Å². The average Bonchev–Trinajstić information content (AvgIpc) is 2.45. The molecule has 1 N–H and O–H groups in total. The predicted molar refractivity (Wildman–Crippen MR) is 90.9 cm³/mol. The van der Waals surface area contributed by atoms with Gasteiger partial charge in [-0.3, -0.25) is 0 Å². The maximum atomic E-state index is 6.39. The second-order valence-corrected chi connectivity index (χ2v) is 6.24. The van der Waals surface area contributed by atoms with Crippen molar-refractivity contribution in [2.45, 2.75) is 38.6 Å². The van der Waals surface area contributed by atoms with E-state index in [2.05, 4.69) is 54.7 Å². The maximum absolute atomic E-state index is 6.39. The molecule has 0 unspecified atom stereocenters. The molecule has 2 aromatic rings. The van der Waals surface area contributed by atoms with E-state index >= 15 is 0 Å². The lowest BCUT2D eigenvalue weighted by Crippen LogP contribution is -2.11. The Hall–Kier alpha value is -1.31. The first-order valence-corrected chi connectivity index (χ1v) is 8.25. The van der Waals surface area contributed by atoms with Crippen LogP contribution in [0.25, 0.3) is 11.1 Å². The van der Waals surface area contributed by atoms with Crippen LogP contribution in [0.2, 0.25) is 5.02 Å². The molecule has 0 spiro atoms. The zero-order valence-electron chi connectivity index (χ0n) is 12.5. The molecule has 0 amide bonds. The van der Waals surface area contributed by atoms with Crippen LogP contribution < -0.4 is 5.32 Å². The molecule has 3 rings (SSSR count). The molecule has 0 atom stereocenters. The summed E-state index contributed by atoms with van der Waals surface area (Å²) >= 11 is 6.39. The number of rotatable bonds is 5.